The number of aliphatic hydroxyl groups is 6. The molecule has 0 unspecified atom stereocenters. The molecule has 8 aliphatic carbocycles. The van der Waals surface area contributed by atoms with Crippen molar-refractivity contribution >= 4 is 52.5 Å². The highest BCUT2D eigenvalue weighted by molar-refractivity contribution is 6.07. The van der Waals surface area contributed by atoms with Gasteiger partial charge in [-0.15, -0.1) is 0 Å². The topological polar surface area (TPSA) is 335 Å². The van der Waals surface area contributed by atoms with Crippen LogP contribution in [0.3, 0.4) is 0 Å². The summed E-state index contributed by atoms with van der Waals surface area (Å²) < 4.78 is 41.4. The number of hydrogen-bond acceptors (Lipinski definition) is 16. The smallest absolute Gasteiger partial charge is 0.259 e. The molecule has 0 spiro atoms. The molecule has 0 radical (unpaired) electrons. The predicted octanol–water partition coefficient (Wildman–Crippen LogP) is 2.31. The maximum absolute atomic E-state index is 17.9. The summed E-state index contributed by atoms with van der Waals surface area (Å²) in [4.78, 5) is 92.0. The van der Waals surface area contributed by atoms with Crippen molar-refractivity contribution < 1.29 is 77.7 Å². The van der Waals surface area contributed by atoms with Crippen LogP contribution in [0.2, 0.25) is 0 Å². The van der Waals surface area contributed by atoms with Gasteiger partial charge in [0.1, 0.15) is 30.5 Å². The van der Waals surface area contributed by atoms with Gasteiger partial charge in [0.25, 0.3) is 11.8 Å². The second-order valence-electron chi connectivity index (χ2n) is 26.4. The number of nitrogens with one attached hydrogen (secondary N) is 5. The highest BCUT2D eigenvalue weighted by Gasteiger charge is 2.77. The number of halogens is 2. The average molecular weight is 1170 g/mol. The molecule has 8 aliphatic rings. The Kier molecular flexibility index (Phi) is 17.4. The second kappa shape index (κ2) is 22.8. The second-order valence-corrected chi connectivity index (χ2v) is 26.4. The Morgan fingerprint density at radius 1 is 0.687 bits per heavy atom. The fourth-order valence-corrected chi connectivity index (χ4v) is 17.2. The first kappa shape index (κ1) is 63.6. The molecule has 0 aromatic heterocycles. The van der Waals surface area contributed by atoms with Crippen molar-refractivity contribution in [1.82, 2.24) is 26.8 Å². The van der Waals surface area contributed by atoms with E-state index in [0.29, 0.717) is 56.3 Å². The Balaban J connectivity index is 0.845. The van der Waals surface area contributed by atoms with Crippen molar-refractivity contribution in [2.75, 3.05) is 32.9 Å². The van der Waals surface area contributed by atoms with Gasteiger partial charge in [0.15, 0.2) is 22.9 Å². The molecule has 0 aromatic carbocycles. The largest absolute Gasteiger partial charge is 0.390 e. The van der Waals surface area contributed by atoms with E-state index in [4.69, 9.17) is 4.74 Å². The van der Waals surface area contributed by atoms with Crippen molar-refractivity contribution in [2.45, 2.75) is 179 Å². The molecule has 0 bridgehead atoms. The lowest BCUT2D eigenvalue weighted by molar-refractivity contribution is -0.219. The van der Waals surface area contributed by atoms with E-state index in [-0.39, 0.29) is 43.5 Å². The number of aliphatic hydroxyl groups excluding tert-OH is 4. The number of ketones is 2. The van der Waals surface area contributed by atoms with E-state index in [1.54, 1.807) is 86.6 Å². The number of nitrogens with zero attached hydrogens (tertiary/aromatic N) is 2. The fourth-order valence-electron chi connectivity index (χ4n) is 17.2. The predicted molar refractivity (Wildman–Crippen MR) is 299 cm³/mol. The minimum atomic E-state index is -2.19. The van der Waals surface area contributed by atoms with Gasteiger partial charge in [-0.3, -0.25) is 33.6 Å². The van der Waals surface area contributed by atoms with E-state index in [9.17, 15) is 64.2 Å². The molecule has 5 amide bonds. The van der Waals surface area contributed by atoms with E-state index < -0.39 is 171 Å². The summed E-state index contributed by atoms with van der Waals surface area (Å²) in [7, 11) is 0. The quantitative estimate of drug-likeness (QED) is 0.0828. The van der Waals surface area contributed by atoms with E-state index in [2.05, 4.69) is 37.0 Å². The van der Waals surface area contributed by atoms with Gasteiger partial charge in [-0.2, -0.15) is 10.2 Å². The number of hydrazone groups is 2. The van der Waals surface area contributed by atoms with Gasteiger partial charge in [0.2, 0.25) is 17.7 Å². The molecule has 458 valence electrons. The standard InChI is InChI=1S/C60H85F2N7O14/c1-10-83-52(4,5)27-48(77)65-42(51(80)64-29-50(79)69-67-37-18-20-54(7)35(24-37)12-14-39-41-22-33(3)60(82,46(75)31-71)56(41,9)26-44(73)58(39,54)62)15-16-47(76)63-28-49(78)68-66-36-17-19-53(6)34(23-36)11-13-38-40-21-32(2)59(81,45(74)30-70)55(40,8)25-43(72)57(38,53)61/h17-20,23-24,32-33,38-44,70-73,81-82H,10-16,21-22,25-31H2,1-9H3,(H,63,76)(H,64,80)(H,65,77)(H,68,78)(H,69,79)/b66-36+,67-37+/t32-,33-,38+,39+,40+,41+,42+,43+,44+,53+,54+,55+,56+,57+,58+,59+,60+/m1/s1. The molecular weight excluding hydrogens is 1080 g/mol. The minimum absolute atomic E-state index is 0.154. The van der Waals surface area contributed by atoms with Gasteiger partial charge in [-0.05, 0) is 140 Å². The normalized spacial score (nSPS) is 40.7. The number of rotatable bonds is 19. The number of alkyl halides is 2. The molecule has 23 heteroatoms. The summed E-state index contributed by atoms with van der Waals surface area (Å²) in [5.41, 5.74) is -7.52. The number of carbonyl (C=O) groups is 7. The van der Waals surface area contributed by atoms with Gasteiger partial charge < -0.3 is 51.3 Å². The van der Waals surface area contributed by atoms with Crippen LogP contribution < -0.4 is 26.8 Å². The number of allylic oxidation sites excluding steroid dienone is 8. The van der Waals surface area contributed by atoms with E-state index in [0.717, 1.165) is 0 Å². The van der Waals surface area contributed by atoms with Gasteiger partial charge >= 0.3 is 0 Å². The fraction of sp³-hybridized carbons (Fsp3) is 0.717. The molecule has 0 aromatic rings. The van der Waals surface area contributed by atoms with Crippen molar-refractivity contribution in [3.63, 3.8) is 0 Å². The third-order valence-corrected chi connectivity index (χ3v) is 21.5. The Labute approximate surface area is 482 Å². The van der Waals surface area contributed by atoms with Crippen LogP contribution in [0.25, 0.3) is 0 Å². The van der Waals surface area contributed by atoms with Crippen LogP contribution in [0.1, 0.15) is 133 Å². The van der Waals surface area contributed by atoms with Crippen molar-refractivity contribution in [2.24, 2.45) is 67.4 Å². The summed E-state index contributed by atoms with van der Waals surface area (Å²) in [6.45, 7) is 12.8. The summed E-state index contributed by atoms with van der Waals surface area (Å²) in [5, 5.41) is 82.4. The zero-order valence-electron chi connectivity index (χ0n) is 49.1. The zero-order valence-corrected chi connectivity index (χ0v) is 49.1. The van der Waals surface area contributed by atoms with Gasteiger partial charge in [0, 0.05) is 46.5 Å². The van der Waals surface area contributed by atoms with Crippen LogP contribution in [0.15, 0.2) is 57.8 Å². The summed E-state index contributed by atoms with van der Waals surface area (Å²) in [6, 6.07) is -1.32. The molecule has 17 atom stereocenters. The maximum atomic E-state index is 17.9. The zero-order chi connectivity index (χ0) is 61.3. The van der Waals surface area contributed by atoms with Gasteiger partial charge in [-0.25, -0.2) is 19.6 Å². The Morgan fingerprint density at radius 3 is 1.54 bits per heavy atom. The lowest BCUT2D eigenvalue weighted by atomic mass is 9.44. The number of hydrogen-bond donors (Lipinski definition) is 11. The summed E-state index contributed by atoms with van der Waals surface area (Å²) in [6.07, 6.45) is 7.34. The highest BCUT2D eigenvalue weighted by Crippen LogP contribution is 2.72. The van der Waals surface area contributed by atoms with Crippen LogP contribution in [-0.2, 0) is 38.3 Å². The molecule has 6 saturated carbocycles. The monoisotopic (exact) mass is 1170 g/mol. The lowest BCUT2D eigenvalue weighted by Gasteiger charge is -2.62. The highest BCUT2D eigenvalue weighted by atomic mass is 19.1. The summed E-state index contributed by atoms with van der Waals surface area (Å²) >= 11 is 0. The molecule has 6 fully saturated rings. The lowest BCUT2D eigenvalue weighted by Crippen LogP contribution is -2.69. The Bertz CT molecular complexity index is 2860. The van der Waals surface area contributed by atoms with E-state index in [1.807, 2.05) is 0 Å². The molecule has 83 heavy (non-hydrogen) atoms. The van der Waals surface area contributed by atoms with E-state index in [1.165, 1.54) is 12.2 Å². The molecular formula is C60H85F2N7O14. The third kappa shape index (κ3) is 10.2. The van der Waals surface area contributed by atoms with Crippen LogP contribution in [0.4, 0.5) is 8.78 Å². The summed E-state index contributed by atoms with van der Waals surface area (Å²) in [5.74, 6) is -8.51. The first-order valence-electron chi connectivity index (χ1n) is 29.2. The minimum Gasteiger partial charge on any atom is -0.390 e. The molecule has 8 rings (SSSR count). The number of Topliss-reactive ketones (excluding diaryl/α,β-unsaturated/α-hetero) is 2. The van der Waals surface area contributed by atoms with Crippen molar-refractivity contribution in [1.29, 1.82) is 0 Å². The molecule has 0 aliphatic heterocycles. The van der Waals surface area contributed by atoms with Crippen molar-refractivity contribution in [3.8, 4) is 0 Å². The Morgan fingerprint density at radius 2 is 1.12 bits per heavy atom. The van der Waals surface area contributed by atoms with Gasteiger partial charge in [0.05, 0.1) is 48.7 Å². The van der Waals surface area contributed by atoms with Crippen LogP contribution in [-0.4, -0.2) is 162 Å². The average Bonchev–Trinajstić information content (AvgIpc) is 1.69. The maximum Gasteiger partial charge on any atom is 0.259 e. The SMILES string of the molecule is CCOC(C)(C)CC(=O)N[C@@H](CCC(=O)NCC(=O)N/N=C1\C=C[C@@]2(C)C(=C1)CC[C@H]1[C@@H]3C[C@@H](C)[C@](O)(C(=O)CO)[C@@]3(C)C[C@H](O)[C@@]12F)C(=O)NCC(=O)N/N=C1\C=C[C@@]2(C)C(=C1)CC[C@H]1[C@@H]3C[C@@H](C)[C@](O)(C(=O)CO)[C@@]3(C)C[C@H](O)[C@@]12F. The Hall–Kier alpha value is -5.43. The first-order chi connectivity index (χ1) is 38.7. The molecule has 11 N–H and O–H groups in total. The molecule has 0 heterocycles. The first-order valence-corrected chi connectivity index (χ1v) is 29.2. The van der Waals surface area contributed by atoms with Gasteiger partial charge in [-0.1, -0.05) is 51.0 Å². The molecule has 0 saturated heterocycles. The molecule has 21 nitrogen and oxygen atoms in total. The van der Waals surface area contributed by atoms with Crippen LogP contribution in [0.5, 0.6) is 0 Å². The number of amides is 5. The van der Waals surface area contributed by atoms with Crippen molar-refractivity contribution in [3.05, 3.63) is 47.6 Å². The number of ether oxygens (including phenoxy) is 1. The van der Waals surface area contributed by atoms with Crippen LogP contribution in [0, 0.1) is 57.2 Å². The van der Waals surface area contributed by atoms with Crippen LogP contribution >= 0.6 is 0 Å². The number of fused-ring (bicyclic) bond motifs is 10. The third-order valence-electron chi connectivity index (χ3n) is 21.5. The van der Waals surface area contributed by atoms with E-state index >= 15 is 8.78 Å². The number of carbonyl (C=O) groups excluding carboxylic acids is 7.